The predicted molar refractivity (Wildman–Crippen MR) is 116 cm³/mol. The first-order valence-corrected chi connectivity index (χ1v) is 11.3. The van der Waals surface area contributed by atoms with Crippen LogP contribution < -0.4 is 0 Å². The highest BCUT2D eigenvalue weighted by Gasteiger charge is 2.14. The van der Waals surface area contributed by atoms with Gasteiger partial charge in [0.25, 0.3) is 0 Å². The van der Waals surface area contributed by atoms with Crippen LogP contribution in [0.15, 0.2) is 12.1 Å². The van der Waals surface area contributed by atoms with Gasteiger partial charge < -0.3 is 19.3 Å². The van der Waals surface area contributed by atoms with Crippen molar-refractivity contribution in [2.75, 3.05) is 19.8 Å². The van der Waals surface area contributed by atoms with Crippen LogP contribution in [-0.4, -0.2) is 24.9 Å². The van der Waals surface area contributed by atoms with E-state index in [2.05, 4.69) is 20.8 Å². The molecule has 0 spiro atoms. The molecule has 0 atom stereocenters. The van der Waals surface area contributed by atoms with Gasteiger partial charge in [-0.05, 0) is 36.5 Å². The first-order valence-electron chi connectivity index (χ1n) is 11.3. The topological polar surface area (TPSA) is 47.9 Å². The Hall–Kier alpha value is -1.10. The molecule has 4 heteroatoms. The van der Waals surface area contributed by atoms with E-state index in [0.717, 1.165) is 55.8 Å². The van der Waals surface area contributed by atoms with Crippen molar-refractivity contribution in [3.8, 4) is 5.75 Å². The summed E-state index contributed by atoms with van der Waals surface area (Å²) in [5.74, 6) is 0.289. The second-order valence-corrected chi connectivity index (χ2v) is 7.48. The standard InChI is InChI=1S/C24H42O4/c1-4-7-10-15-26-18-21-13-14-24(25)23(20-28-17-12-9-6-3)22(21)19-27-16-11-8-5-2/h13-14,25H,4-12,15-20H2,1-3H3. The van der Waals surface area contributed by atoms with Gasteiger partial charge in [0, 0.05) is 25.4 Å². The number of phenolic OH excluding ortho intramolecular Hbond substituents is 1. The Morgan fingerprint density at radius 3 is 1.57 bits per heavy atom. The Balaban J connectivity index is 2.73. The van der Waals surface area contributed by atoms with Crippen molar-refractivity contribution in [2.24, 2.45) is 0 Å². The Morgan fingerprint density at radius 2 is 1.07 bits per heavy atom. The van der Waals surface area contributed by atoms with Gasteiger partial charge in [-0.25, -0.2) is 0 Å². The maximum atomic E-state index is 10.4. The van der Waals surface area contributed by atoms with Gasteiger partial charge in [-0.1, -0.05) is 65.4 Å². The number of unbranched alkanes of at least 4 members (excludes halogenated alkanes) is 6. The fourth-order valence-corrected chi connectivity index (χ4v) is 3.10. The van der Waals surface area contributed by atoms with Crippen LogP contribution in [0.3, 0.4) is 0 Å². The van der Waals surface area contributed by atoms with E-state index in [-0.39, 0.29) is 5.75 Å². The molecule has 0 bridgehead atoms. The summed E-state index contributed by atoms with van der Waals surface area (Å²) in [6.07, 6.45) is 10.3. The predicted octanol–water partition coefficient (Wildman–Crippen LogP) is 6.51. The minimum atomic E-state index is 0.289. The number of phenols is 1. The summed E-state index contributed by atoms with van der Waals surface area (Å²) in [7, 11) is 0. The second-order valence-electron chi connectivity index (χ2n) is 7.48. The van der Waals surface area contributed by atoms with Crippen molar-refractivity contribution < 1.29 is 19.3 Å². The molecule has 0 amide bonds. The minimum Gasteiger partial charge on any atom is -0.508 e. The van der Waals surface area contributed by atoms with E-state index in [4.69, 9.17) is 14.2 Å². The lowest BCUT2D eigenvalue weighted by molar-refractivity contribution is 0.0948. The smallest absolute Gasteiger partial charge is 0.121 e. The maximum Gasteiger partial charge on any atom is 0.121 e. The summed E-state index contributed by atoms with van der Waals surface area (Å²) in [5, 5.41) is 10.4. The molecule has 0 fully saturated rings. The Kier molecular flexibility index (Phi) is 15.0. The van der Waals surface area contributed by atoms with E-state index in [9.17, 15) is 5.11 Å². The van der Waals surface area contributed by atoms with Crippen LogP contribution in [0.5, 0.6) is 5.75 Å². The lowest BCUT2D eigenvalue weighted by Gasteiger charge is -2.17. The molecule has 162 valence electrons. The molecule has 1 N–H and O–H groups in total. The van der Waals surface area contributed by atoms with E-state index >= 15 is 0 Å². The highest BCUT2D eigenvalue weighted by Crippen LogP contribution is 2.27. The normalized spacial score (nSPS) is 11.2. The molecule has 0 aliphatic heterocycles. The Bertz CT molecular complexity index is 502. The van der Waals surface area contributed by atoms with Gasteiger partial charge >= 0.3 is 0 Å². The van der Waals surface area contributed by atoms with Crippen molar-refractivity contribution >= 4 is 0 Å². The first kappa shape index (κ1) is 24.9. The number of aromatic hydroxyl groups is 1. The van der Waals surface area contributed by atoms with Crippen LogP contribution in [0.25, 0.3) is 0 Å². The van der Waals surface area contributed by atoms with Gasteiger partial charge in [0.2, 0.25) is 0 Å². The summed E-state index contributed by atoms with van der Waals surface area (Å²) in [4.78, 5) is 0. The molecule has 0 aliphatic rings. The lowest BCUT2D eigenvalue weighted by Crippen LogP contribution is -2.08. The fourth-order valence-electron chi connectivity index (χ4n) is 3.10. The van der Waals surface area contributed by atoms with E-state index in [0.29, 0.717) is 19.8 Å². The number of hydrogen-bond acceptors (Lipinski definition) is 4. The SMILES string of the molecule is CCCCCOCc1ccc(O)c(COCCCCC)c1COCCCCC. The maximum absolute atomic E-state index is 10.4. The monoisotopic (exact) mass is 394 g/mol. The molecule has 28 heavy (non-hydrogen) atoms. The Labute approximate surface area is 172 Å². The van der Waals surface area contributed by atoms with Gasteiger partial charge in [-0.15, -0.1) is 0 Å². The fraction of sp³-hybridized carbons (Fsp3) is 0.750. The lowest BCUT2D eigenvalue weighted by atomic mass is 10.0. The summed E-state index contributed by atoms with van der Waals surface area (Å²) in [6.45, 7) is 10.3. The zero-order valence-electron chi connectivity index (χ0n) is 18.4. The first-order chi connectivity index (χ1) is 13.7. The van der Waals surface area contributed by atoms with Crippen molar-refractivity contribution in [2.45, 2.75) is 98.4 Å². The molecule has 0 unspecified atom stereocenters. The molecular weight excluding hydrogens is 352 g/mol. The molecule has 1 aromatic rings. The zero-order chi connectivity index (χ0) is 20.5. The third-order valence-electron chi connectivity index (χ3n) is 4.93. The van der Waals surface area contributed by atoms with Gasteiger partial charge in [-0.2, -0.15) is 0 Å². The van der Waals surface area contributed by atoms with Crippen molar-refractivity contribution in [3.05, 3.63) is 28.8 Å². The molecule has 0 aliphatic carbocycles. The van der Waals surface area contributed by atoms with Gasteiger partial charge in [0.05, 0.1) is 19.8 Å². The number of hydrogen-bond donors (Lipinski definition) is 1. The number of rotatable bonds is 18. The van der Waals surface area contributed by atoms with Crippen LogP contribution in [0.2, 0.25) is 0 Å². The average molecular weight is 395 g/mol. The molecule has 0 radical (unpaired) electrons. The second kappa shape index (κ2) is 16.8. The summed E-state index contributed by atoms with van der Waals surface area (Å²) in [5.41, 5.74) is 2.97. The highest BCUT2D eigenvalue weighted by atomic mass is 16.5. The van der Waals surface area contributed by atoms with Gasteiger partial charge in [0.15, 0.2) is 0 Å². The molecule has 0 saturated heterocycles. The average Bonchev–Trinajstić information content (AvgIpc) is 2.70. The third kappa shape index (κ3) is 10.4. The van der Waals surface area contributed by atoms with E-state index in [1.165, 1.54) is 38.5 Å². The summed E-state index contributed by atoms with van der Waals surface area (Å²) in [6, 6.07) is 3.72. The van der Waals surface area contributed by atoms with Crippen molar-refractivity contribution in [3.63, 3.8) is 0 Å². The molecule has 0 heterocycles. The minimum absolute atomic E-state index is 0.289. The number of benzene rings is 1. The van der Waals surface area contributed by atoms with Crippen LogP contribution in [0.1, 0.15) is 95.2 Å². The third-order valence-corrected chi connectivity index (χ3v) is 4.93. The number of ether oxygens (including phenoxy) is 3. The molecule has 1 aromatic carbocycles. The van der Waals surface area contributed by atoms with E-state index in [1.807, 2.05) is 6.07 Å². The Morgan fingerprint density at radius 1 is 0.607 bits per heavy atom. The van der Waals surface area contributed by atoms with E-state index < -0.39 is 0 Å². The summed E-state index contributed by atoms with van der Waals surface area (Å²) < 4.78 is 17.7. The molecule has 1 rings (SSSR count). The molecule has 0 saturated carbocycles. The largest absolute Gasteiger partial charge is 0.508 e. The zero-order valence-corrected chi connectivity index (χ0v) is 18.4. The molecule has 0 aromatic heterocycles. The molecule has 4 nitrogen and oxygen atoms in total. The van der Waals surface area contributed by atoms with Gasteiger partial charge in [0.1, 0.15) is 5.75 Å². The quantitative estimate of drug-likeness (QED) is 0.288. The van der Waals surface area contributed by atoms with E-state index in [1.54, 1.807) is 6.07 Å². The van der Waals surface area contributed by atoms with Crippen LogP contribution in [0.4, 0.5) is 0 Å². The van der Waals surface area contributed by atoms with Gasteiger partial charge in [-0.3, -0.25) is 0 Å². The van der Waals surface area contributed by atoms with Crippen LogP contribution in [0, 0.1) is 0 Å². The van der Waals surface area contributed by atoms with Crippen LogP contribution >= 0.6 is 0 Å². The molecular formula is C24H42O4. The van der Waals surface area contributed by atoms with Crippen LogP contribution in [-0.2, 0) is 34.0 Å². The highest BCUT2D eigenvalue weighted by molar-refractivity contribution is 5.43. The van der Waals surface area contributed by atoms with Crippen molar-refractivity contribution in [1.29, 1.82) is 0 Å². The summed E-state index contributed by atoms with van der Waals surface area (Å²) >= 11 is 0. The van der Waals surface area contributed by atoms with Crippen molar-refractivity contribution in [1.82, 2.24) is 0 Å².